The van der Waals surface area contributed by atoms with Crippen LogP contribution < -0.4 is 5.32 Å². The van der Waals surface area contributed by atoms with Crippen molar-refractivity contribution in [3.63, 3.8) is 0 Å². The van der Waals surface area contributed by atoms with Crippen molar-refractivity contribution < 1.29 is 0 Å². The zero-order valence-electron chi connectivity index (χ0n) is 15.5. The van der Waals surface area contributed by atoms with Gasteiger partial charge >= 0.3 is 0 Å². The van der Waals surface area contributed by atoms with Crippen molar-refractivity contribution in [2.75, 3.05) is 12.4 Å². The van der Waals surface area contributed by atoms with Gasteiger partial charge in [-0.25, -0.2) is 9.97 Å². The molecule has 0 aliphatic rings. The van der Waals surface area contributed by atoms with Gasteiger partial charge in [0.1, 0.15) is 5.82 Å². The highest BCUT2D eigenvalue weighted by atomic mass is 127. The van der Waals surface area contributed by atoms with E-state index in [0.29, 0.717) is 3.92 Å². The Hall–Kier alpha value is -1.63. The summed E-state index contributed by atoms with van der Waals surface area (Å²) in [4.78, 5) is 9.81. The van der Waals surface area contributed by atoms with Crippen molar-refractivity contribution in [1.82, 2.24) is 14.5 Å². The molecule has 0 saturated heterocycles. The molecule has 0 amide bonds. The Balaban J connectivity index is 2.19. The predicted octanol–water partition coefficient (Wildman–Crippen LogP) is 5.66. The molecule has 25 heavy (non-hydrogen) atoms. The maximum absolute atomic E-state index is 5.03. The van der Waals surface area contributed by atoms with Crippen LogP contribution in [0.25, 0.3) is 22.3 Å². The molecule has 3 rings (SSSR count). The van der Waals surface area contributed by atoms with Crippen LogP contribution in [0.1, 0.15) is 41.0 Å². The van der Waals surface area contributed by atoms with E-state index in [1.54, 1.807) is 0 Å². The molecule has 1 unspecified atom stereocenters. The summed E-state index contributed by atoms with van der Waals surface area (Å²) in [6.07, 6.45) is 3.33. The first kappa shape index (κ1) is 18.2. The van der Waals surface area contributed by atoms with Crippen molar-refractivity contribution in [1.29, 1.82) is 0 Å². The number of nitrogens with one attached hydrogen (secondary N) is 1. The second-order valence-electron chi connectivity index (χ2n) is 6.53. The van der Waals surface area contributed by atoms with Gasteiger partial charge in [-0.05, 0) is 56.5 Å². The lowest BCUT2D eigenvalue weighted by molar-refractivity contribution is 0.702. The van der Waals surface area contributed by atoms with Gasteiger partial charge in [-0.15, -0.1) is 0 Å². The minimum atomic E-state index is 0.376. The molecule has 132 valence electrons. The van der Waals surface area contributed by atoms with Crippen molar-refractivity contribution in [2.45, 2.75) is 44.6 Å². The van der Waals surface area contributed by atoms with Crippen LogP contribution >= 0.6 is 22.6 Å². The number of nitrogens with zero attached hydrogens (tertiary/aromatic N) is 3. The summed E-state index contributed by atoms with van der Waals surface area (Å²) in [6.45, 7) is 9.65. The molecular formula is C20H25IN4. The van der Waals surface area contributed by atoms with E-state index in [-0.39, 0.29) is 0 Å². The Morgan fingerprint density at radius 1 is 1.20 bits per heavy atom. The quantitative estimate of drug-likeness (QED) is 0.405. The minimum Gasteiger partial charge on any atom is -0.373 e. The van der Waals surface area contributed by atoms with Gasteiger partial charge in [-0.2, -0.15) is 0 Å². The smallest absolute Gasteiger partial charge is 0.135 e. The van der Waals surface area contributed by atoms with Crippen molar-refractivity contribution in [2.24, 2.45) is 0 Å². The summed E-state index contributed by atoms with van der Waals surface area (Å²) in [5.41, 5.74) is 7.86. The van der Waals surface area contributed by atoms with Gasteiger partial charge in [-0.1, -0.05) is 29.5 Å². The maximum Gasteiger partial charge on any atom is 0.135 e. The number of hydrogen-bond donors (Lipinski definition) is 1. The van der Waals surface area contributed by atoms with Gasteiger partial charge in [0, 0.05) is 25.4 Å². The monoisotopic (exact) mass is 448 g/mol. The normalized spacial score (nSPS) is 12.6. The Morgan fingerprint density at radius 3 is 2.60 bits per heavy atom. The number of fused-ring (bicyclic) bond motifs is 1. The second kappa shape index (κ2) is 7.32. The first-order chi connectivity index (χ1) is 12.0. The summed E-state index contributed by atoms with van der Waals surface area (Å²) < 4.78 is 2.69. The first-order valence-corrected chi connectivity index (χ1v) is 10.0. The highest BCUT2D eigenvalue weighted by Gasteiger charge is 2.16. The lowest BCUT2D eigenvalue weighted by Crippen LogP contribution is -2.02. The van der Waals surface area contributed by atoms with Gasteiger partial charge in [0.05, 0.1) is 26.3 Å². The van der Waals surface area contributed by atoms with E-state index < -0.39 is 0 Å². The predicted molar refractivity (Wildman–Crippen MR) is 115 cm³/mol. The zero-order chi connectivity index (χ0) is 18.1. The van der Waals surface area contributed by atoms with E-state index in [4.69, 9.17) is 9.97 Å². The lowest BCUT2D eigenvalue weighted by atomic mass is 10.1. The summed E-state index contributed by atoms with van der Waals surface area (Å²) in [6, 6.07) is 6.51. The molecule has 3 aromatic rings. The number of aromatic nitrogens is 3. The summed E-state index contributed by atoms with van der Waals surface area (Å²) in [5.74, 6) is 0.890. The number of hydrogen-bond acceptors (Lipinski definition) is 3. The van der Waals surface area contributed by atoms with Gasteiger partial charge in [0.15, 0.2) is 0 Å². The molecule has 0 saturated carbocycles. The Morgan fingerprint density at radius 2 is 1.96 bits per heavy atom. The topological polar surface area (TPSA) is 42.7 Å². The van der Waals surface area contributed by atoms with E-state index in [2.05, 4.69) is 84.6 Å². The number of aryl methyl sites for hydroxylation is 3. The number of anilines is 1. The standard InChI is InChI=1S/C20H25IN4/c1-6-9-25-11-13(3)19-17(25)10-12(2)18(24-19)15-7-8-16(14(4)21)23-20(15)22-5/h7-8,10-11,14H,6,9H2,1-5H3,(H,22,23). The molecule has 0 aromatic carbocycles. The van der Waals surface area contributed by atoms with Crippen LogP contribution in [0.3, 0.4) is 0 Å². The molecular weight excluding hydrogens is 423 g/mol. The van der Waals surface area contributed by atoms with Gasteiger partial charge in [-0.3, -0.25) is 0 Å². The molecule has 0 radical (unpaired) electrons. The molecule has 4 nitrogen and oxygen atoms in total. The average Bonchev–Trinajstić information content (AvgIpc) is 2.89. The van der Waals surface area contributed by atoms with Crippen LogP contribution in [0, 0.1) is 13.8 Å². The second-order valence-corrected chi connectivity index (χ2v) is 8.39. The van der Waals surface area contributed by atoms with Crippen LogP contribution in [0.4, 0.5) is 5.82 Å². The molecule has 0 aliphatic carbocycles. The number of pyridine rings is 2. The number of alkyl halides is 1. The summed E-state index contributed by atoms with van der Waals surface area (Å²) >= 11 is 2.39. The molecule has 0 bridgehead atoms. The van der Waals surface area contributed by atoms with Crippen LogP contribution in [0.15, 0.2) is 24.4 Å². The molecule has 3 aromatic heterocycles. The van der Waals surface area contributed by atoms with Crippen LogP contribution in [-0.2, 0) is 6.54 Å². The number of halogens is 1. The van der Waals surface area contributed by atoms with Crippen molar-refractivity contribution in [3.8, 4) is 11.3 Å². The average molecular weight is 448 g/mol. The third kappa shape index (κ3) is 3.38. The maximum atomic E-state index is 5.03. The molecule has 0 spiro atoms. The molecule has 5 heteroatoms. The molecule has 3 heterocycles. The van der Waals surface area contributed by atoms with Crippen molar-refractivity contribution >= 4 is 39.4 Å². The Kier molecular flexibility index (Phi) is 5.32. The van der Waals surface area contributed by atoms with Gasteiger partial charge < -0.3 is 9.88 Å². The fraction of sp³-hybridized carbons (Fsp3) is 0.400. The van der Waals surface area contributed by atoms with E-state index in [1.165, 1.54) is 16.6 Å². The van der Waals surface area contributed by atoms with Crippen LogP contribution in [0.2, 0.25) is 0 Å². The highest BCUT2D eigenvalue weighted by molar-refractivity contribution is 14.1. The SMILES string of the molecule is CCCn1cc(C)c2nc(-c3ccc(C(C)I)nc3NC)c(C)cc21. The zero-order valence-corrected chi connectivity index (χ0v) is 17.7. The Bertz CT molecular complexity index is 912. The minimum absolute atomic E-state index is 0.376. The molecule has 0 aliphatic heterocycles. The fourth-order valence-corrected chi connectivity index (χ4v) is 3.60. The fourth-order valence-electron chi connectivity index (χ4n) is 3.25. The van der Waals surface area contributed by atoms with Gasteiger partial charge in [0.25, 0.3) is 0 Å². The van der Waals surface area contributed by atoms with E-state index in [1.807, 2.05) is 7.05 Å². The van der Waals surface area contributed by atoms with Gasteiger partial charge in [0.2, 0.25) is 0 Å². The third-order valence-corrected chi connectivity index (χ3v) is 5.14. The van der Waals surface area contributed by atoms with E-state index in [0.717, 1.165) is 41.3 Å². The van der Waals surface area contributed by atoms with E-state index >= 15 is 0 Å². The third-order valence-electron chi connectivity index (χ3n) is 4.51. The molecule has 1 N–H and O–H groups in total. The number of rotatable bonds is 5. The van der Waals surface area contributed by atoms with E-state index in [9.17, 15) is 0 Å². The van der Waals surface area contributed by atoms with Crippen LogP contribution in [0.5, 0.6) is 0 Å². The highest BCUT2D eigenvalue weighted by Crippen LogP contribution is 2.33. The molecule has 0 fully saturated rings. The largest absolute Gasteiger partial charge is 0.373 e. The summed E-state index contributed by atoms with van der Waals surface area (Å²) in [7, 11) is 1.92. The van der Waals surface area contributed by atoms with Crippen LogP contribution in [-0.4, -0.2) is 21.6 Å². The van der Waals surface area contributed by atoms with Crippen molar-refractivity contribution in [3.05, 3.63) is 41.2 Å². The lowest BCUT2D eigenvalue weighted by Gasteiger charge is -2.14. The Labute approximate surface area is 163 Å². The summed E-state index contributed by atoms with van der Waals surface area (Å²) in [5, 5.41) is 3.25. The molecule has 1 atom stereocenters. The first-order valence-electron chi connectivity index (χ1n) is 8.76.